The molecule has 0 aliphatic carbocycles. The van der Waals surface area contributed by atoms with Gasteiger partial charge in [-0.2, -0.15) is 0 Å². The molecular weight excluding hydrogens is 577 g/mol. The minimum atomic E-state index is 1.32. The van der Waals surface area contributed by atoms with Gasteiger partial charge in [0.05, 0.1) is 0 Å². The van der Waals surface area contributed by atoms with E-state index in [0.29, 0.717) is 0 Å². The molecule has 234 valence electrons. The zero-order valence-corrected chi connectivity index (χ0v) is 28.9. The normalized spacial score (nSPS) is 11.1. The summed E-state index contributed by atoms with van der Waals surface area (Å²) in [6.45, 7) is 13.0. The van der Waals surface area contributed by atoms with Crippen LogP contribution < -0.4 is 0 Å². The number of fused-ring (bicyclic) bond motifs is 9. The van der Waals surface area contributed by atoms with E-state index >= 15 is 0 Å². The molecule has 0 saturated carbocycles. The van der Waals surface area contributed by atoms with Gasteiger partial charge in [0, 0.05) is 0 Å². The number of hydrogen-bond acceptors (Lipinski definition) is 0. The quantitative estimate of drug-likeness (QED) is 0.148. The van der Waals surface area contributed by atoms with Gasteiger partial charge in [0.15, 0.2) is 0 Å². The van der Waals surface area contributed by atoms with Crippen LogP contribution in [0.25, 0.3) is 64.6 Å². The number of benzene rings is 9. The standard InChI is InChI=1S/3C16H14/c1-11-3-7-15-13(9-11)5-6-14-10-12(2)4-8-16(14)15;1-11-5-3-7-13-9-10-14-8-4-6-12(2)16(14)15(11)13;1-11-6-9-15-14(10-11)8-7-13-5-3-4-12(2)16(13)15/h3*3-10H,1-2H3. The molecule has 0 saturated heterocycles. The summed E-state index contributed by atoms with van der Waals surface area (Å²) in [7, 11) is 0. The Bertz CT molecular complexity index is 2480. The third kappa shape index (κ3) is 6.03. The smallest absolute Gasteiger partial charge is 0.00735 e. The lowest BCUT2D eigenvalue weighted by Crippen LogP contribution is -1.84. The Morgan fingerprint density at radius 1 is 0.250 bits per heavy atom. The second-order valence-corrected chi connectivity index (χ2v) is 13.4. The third-order valence-electron chi connectivity index (χ3n) is 9.67. The van der Waals surface area contributed by atoms with Crippen LogP contribution in [0, 0.1) is 41.5 Å². The van der Waals surface area contributed by atoms with Crippen LogP contribution in [0.1, 0.15) is 33.4 Å². The summed E-state index contributed by atoms with van der Waals surface area (Å²) in [5.74, 6) is 0. The first-order valence-electron chi connectivity index (χ1n) is 16.9. The van der Waals surface area contributed by atoms with Gasteiger partial charge in [-0.3, -0.25) is 0 Å². The summed E-state index contributed by atoms with van der Waals surface area (Å²) in [4.78, 5) is 0. The van der Waals surface area contributed by atoms with Gasteiger partial charge in [-0.05, 0) is 123 Å². The van der Waals surface area contributed by atoms with Crippen molar-refractivity contribution in [2.24, 2.45) is 0 Å². The Hall–Kier alpha value is -5.46. The van der Waals surface area contributed by atoms with E-state index in [1.54, 1.807) is 0 Å². The van der Waals surface area contributed by atoms with E-state index in [2.05, 4.69) is 187 Å². The van der Waals surface area contributed by atoms with Crippen LogP contribution in [-0.2, 0) is 0 Å². The first-order chi connectivity index (χ1) is 23.3. The largest absolute Gasteiger partial charge is 0.0614 e. The Labute approximate surface area is 284 Å². The fourth-order valence-corrected chi connectivity index (χ4v) is 7.26. The molecule has 9 aromatic carbocycles. The zero-order valence-electron chi connectivity index (χ0n) is 28.9. The lowest BCUT2D eigenvalue weighted by atomic mass is 9.95. The van der Waals surface area contributed by atoms with Gasteiger partial charge in [0.2, 0.25) is 0 Å². The van der Waals surface area contributed by atoms with Crippen molar-refractivity contribution in [3.05, 3.63) is 179 Å². The average molecular weight is 619 g/mol. The molecule has 0 amide bonds. The van der Waals surface area contributed by atoms with Crippen LogP contribution in [0.2, 0.25) is 0 Å². The maximum Gasteiger partial charge on any atom is -0.00735 e. The molecule has 0 aliphatic rings. The molecule has 0 unspecified atom stereocenters. The van der Waals surface area contributed by atoms with Gasteiger partial charge in [0.1, 0.15) is 0 Å². The molecular formula is C48H42. The molecule has 0 aliphatic heterocycles. The van der Waals surface area contributed by atoms with Crippen molar-refractivity contribution >= 4 is 64.6 Å². The fraction of sp³-hybridized carbons (Fsp3) is 0.125. The van der Waals surface area contributed by atoms with Gasteiger partial charge in [-0.15, -0.1) is 0 Å². The Morgan fingerprint density at radius 3 is 0.979 bits per heavy atom. The van der Waals surface area contributed by atoms with E-state index in [1.165, 1.54) is 98.0 Å². The van der Waals surface area contributed by atoms with Crippen molar-refractivity contribution in [1.82, 2.24) is 0 Å². The zero-order chi connectivity index (χ0) is 33.4. The molecule has 0 bridgehead atoms. The van der Waals surface area contributed by atoms with E-state index in [4.69, 9.17) is 0 Å². The number of aryl methyl sites for hydroxylation is 6. The SMILES string of the molecule is Cc1ccc2c(ccc3cc(C)ccc32)c1.Cc1ccc2c(ccc3cccc(C)c32)c1.Cc1cccc2ccc3cccc(C)c3c12. The lowest BCUT2D eigenvalue weighted by molar-refractivity contribution is 1.50. The van der Waals surface area contributed by atoms with E-state index in [9.17, 15) is 0 Å². The molecule has 0 aromatic heterocycles. The van der Waals surface area contributed by atoms with Crippen molar-refractivity contribution in [2.75, 3.05) is 0 Å². The Morgan fingerprint density at radius 2 is 0.562 bits per heavy atom. The first kappa shape index (κ1) is 31.2. The van der Waals surface area contributed by atoms with Crippen LogP contribution in [0.15, 0.2) is 146 Å². The second-order valence-electron chi connectivity index (χ2n) is 13.4. The summed E-state index contributed by atoms with van der Waals surface area (Å²) in [6.07, 6.45) is 0. The molecule has 9 rings (SSSR count). The monoisotopic (exact) mass is 618 g/mol. The van der Waals surface area contributed by atoms with E-state index in [0.717, 1.165) is 0 Å². The number of hydrogen-bond donors (Lipinski definition) is 0. The van der Waals surface area contributed by atoms with Crippen molar-refractivity contribution in [3.63, 3.8) is 0 Å². The van der Waals surface area contributed by atoms with Crippen LogP contribution in [0.4, 0.5) is 0 Å². The van der Waals surface area contributed by atoms with Gasteiger partial charge in [-0.25, -0.2) is 0 Å². The minimum Gasteiger partial charge on any atom is -0.0614 e. The summed E-state index contributed by atoms with van der Waals surface area (Å²) in [5.41, 5.74) is 8.03. The van der Waals surface area contributed by atoms with E-state index in [-0.39, 0.29) is 0 Å². The molecule has 0 heteroatoms. The maximum absolute atomic E-state index is 2.25. The van der Waals surface area contributed by atoms with Crippen molar-refractivity contribution in [2.45, 2.75) is 41.5 Å². The summed E-state index contributed by atoms with van der Waals surface area (Å²) in [6, 6.07) is 52.7. The number of rotatable bonds is 0. The molecule has 0 N–H and O–H groups in total. The Kier molecular flexibility index (Phi) is 8.42. The van der Waals surface area contributed by atoms with Crippen LogP contribution >= 0.6 is 0 Å². The van der Waals surface area contributed by atoms with E-state index in [1.807, 2.05) is 0 Å². The third-order valence-corrected chi connectivity index (χ3v) is 9.67. The van der Waals surface area contributed by atoms with E-state index < -0.39 is 0 Å². The first-order valence-corrected chi connectivity index (χ1v) is 16.9. The molecule has 0 spiro atoms. The summed E-state index contributed by atoms with van der Waals surface area (Å²) >= 11 is 0. The van der Waals surface area contributed by atoms with Gasteiger partial charge in [-0.1, -0.05) is 162 Å². The molecule has 0 atom stereocenters. The van der Waals surface area contributed by atoms with Crippen molar-refractivity contribution in [3.8, 4) is 0 Å². The van der Waals surface area contributed by atoms with Gasteiger partial charge >= 0.3 is 0 Å². The van der Waals surface area contributed by atoms with Crippen LogP contribution in [0.5, 0.6) is 0 Å². The molecule has 0 radical (unpaired) electrons. The van der Waals surface area contributed by atoms with Gasteiger partial charge in [0.25, 0.3) is 0 Å². The van der Waals surface area contributed by atoms with Gasteiger partial charge < -0.3 is 0 Å². The second kappa shape index (κ2) is 13.0. The van der Waals surface area contributed by atoms with Crippen LogP contribution in [0.3, 0.4) is 0 Å². The molecule has 0 fully saturated rings. The topological polar surface area (TPSA) is 0 Å². The lowest BCUT2D eigenvalue weighted by Gasteiger charge is -2.09. The molecule has 9 aromatic rings. The predicted molar refractivity (Wildman–Crippen MR) is 213 cm³/mol. The highest BCUT2D eigenvalue weighted by Crippen LogP contribution is 2.31. The average Bonchev–Trinajstić information content (AvgIpc) is 3.08. The summed E-state index contributed by atoms with van der Waals surface area (Å²) < 4.78 is 0. The molecule has 48 heavy (non-hydrogen) atoms. The summed E-state index contributed by atoms with van der Waals surface area (Å²) in [5, 5.41) is 16.2. The highest BCUT2D eigenvalue weighted by Gasteiger charge is 2.05. The maximum atomic E-state index is 2.25. The van der Waals surface area contributed by atoms with Crippen LogP contribution in [-0.4, -0.2) is 0 Å². The fourth-order valence-electron chi connectivity index (χ4n) is 7.26. The predicted octanol–water partition coefficient (Wildman–Crippen LogP) is 13.8. The highest BCUT2D eigenvalue weighted by atomic mass is 14.1. The highest BCUT2D eigenvalue weighted by molar-refractivity contribution is 6.11. The Balaban J connectivity index is 0.000000114. The van der Waals surface area contributed by atoms with Crippen molar-refractivity contribution < 1.29 is 0 Å². The molecule has 0 heterocycles. The molecule has 0 nitrogen and oxygen atoms in total. The minimum absolute atomic E-state index is 1.32. The van der Waals surface area contributed by atoms with Crippen molar-refractivity contribution in [1.29, 1.82) is 0 Å².